The lowest BCUT2D eigenvalue weighted by molar-refractivity contribution is -0.137. The molecular formula is C10H10BrF3N2. The average molecular weight is 295 g/mol. The molecule has 0 aromatic heterocycles. The van der Waals surface area contributed by atoms with Crippen molar-refractivity contribution in [2.75, 3.05) is 18.4 Å². The van der Waals surface area contributed by atoms with E-state index in [1.54, 1.807) is 0 Å². The van der Waals surface area contributed by atoms with Crippen molar-refractivity contribution in [2.45, 2.75) is 12.2 Å². The van der Waals surface area contributed by atoms with Crippen LogP contribution in [0.3, 0.4) is 0 Å². The van der Waals surface area contributed by atoms with Gasteiger partial charge in [-0.3, -0.25) is 0 Å². The fraction of sp³-hybridized carbons (Fsp3) is 0.400. The van der Waals surface area contributed by atoms with Crippen LogP contribution in [0.2, 0.25) is 0 Å². The molecule has 0 spiro atoms. The Morgan fingerprint density at radius 1 is 1.31 bits per heavy atom. The van der Waals surface area contributed by atoms with Crippen LogP contribution in [0.4, 0.5) is 18.9 Å². The van der Waals surface area contributed by atoms with Crippen molar-refractivity contribution in [1.82, 2.24) is 5.32 Å². The Morgan fingerprint density at radius 3 is 2.44 bits per heavy atom. The predicted octanol–water partition coefficient (Wildman–Crippen LogP) is 2.85. The molecule has 1 aliphatic rings. The standard InChI is InChI=1S/C10H10BrF3N2/c11-8-3-6(10(12,13)14)1-2-9(8)16-7-4-15-5-7/h1-3,7,15-16H,4-5H2. The van der Waals surface area contributed by atoms with E-state index in [-0.39, 0.29) is 0 Å². The van der Waals surface area contributed by atoms with Gasteiger partial charge in [0.15, 0.2) is 0 Å². The Morgan fingerprint density at radius 2 is 2.00 bits per heavy atom. The topological polar surface area (TPSA) is 24.1 Å². The highest BCUT2D eigenvalue weighted by Crippen LogP contribution is 2.34. The first-order valence-corrected chi connectivity index (χ1v) is 5.60. The van der Waals surface area contributed by atoms with Gasteiger partial charge in [0.1, 0.15) is 0 Å². The Hall–Kier alpha value is -0.750. The minimum absolute atomic E-state index is 0.299. The molecule has 0 amide bonds. The molecule has 2 N–H and O–H groups in total. The third kappa shape index (κ3) is 2.49. The van der Waals surface area contributed by atoms with Crippen molar-refractivity contribution < 1.29 is 13.2 Å². The van der Waals surface area contributed by atoms with Gasteiger partial charge < -0.3 is 10.6 Å². The van der Waals surface area contributed by atoms with E-state index in [1.165, 1.54) is 6.07 Å². The molecule has 0 unspecified atom stereocenters. The average Bonchev–Trinajstić information content (AvgIpc) is 2.11. The zero-order valence-corrected chi connectivity index (χ0v) is 9.82. The zero-order valence-electron chi connectivity index (χ0n) is 8.24. The summed E-state index contributed by atoms with van der Waals surface area (Å²) in [5.41, 5.74) is 0.0520. The van der Waals surface area contributed by atoms with Crippen LogP contribution in [-0.2, 0) is 6.18 Å². The van der Waals surface area contributed by atoms with Crippen LogP contribution in [-0.4, -0.2) is 19.1 Å². The Kier molecular flexibility index (Phi) is 3.12. The summed E-state index contributed by atoms with van der Waals surface area (Å²) in [6, 6.07) is 3.92. The summed E-state index contributed by atoms with van der Waals surface area (Å²) >= 11 is 3.14. The SMILES string of the molecule is FC(F)(F)c1ccc(NC2CNC2)c(Br)c1. The van der Waals surface area contributed by atoms with E-state index < -0.39 is 11.7 Å². The van der Waals surface area contributed by atoms with Crippen molar-refractivity contribution in [1.29, 1.82) is 0 Å². The normalized spacial score (nSPS) is 17.0. The summed E-state index contributed by atoms with van der Waals surface area (Å²) in [5.74, 6) is 0. The molecule has 2 rings (SSSR count). The van der Waals surface area contributed by atoms with Gasteiger partial charge in [-0.05, 0) is 34.1 Å². The van der Waals surface area contributed by atoms with Crippen molar-refractivity contribution >= 4 is 21.6 Å². The smallest absolute Gasteiger partial charge is 0.379 e. The van der Waals surface area contributed by atoms with Gasteiger partial charge in [-0.15, -0.1) is 0 Å². The Labute approximate surface area is 99.3 Å². The maximum atomic E-state index is 12.4. The first-order valence-electron chi connectivity index (χ1n) is 4.81. The van der Waals surface area contributed by atoms with Gasteiger partial charge in [-0.1, -0.05) is 0 Å². The second kappa shape index (κ2) is 4.25. The molecule has 1 aliphatic heterocycles. The van der Waals surface area contributed by atoms with Crippen LogP contribution < -0.4 is 10.6 Å². The highest BCUT2D eigenvalue weighted by Gasteiger charge is 2.31. The van der Waals surface area contributed by atoms with Crippen LogP contribution in [0.5, 0.6) is 0 Å². The third-order valence-electron chi connectivity index (χ3n) is 2.44. The number of nitrogens with one attached hydrogen (secondary N) is 2. The lowest BCUT2D eigenvalue weighted by Crippen LogP contribution is -2.51. The summed E-state index contributed by atoms with van der Waals surface area (Å²) in [6.45, 7) is 1.68. The largest absolute Gasteiger partial charge is 0.416 e. The first kappa shape index (κ1) is 11.7. The van der Waals surface area contributed by atoms with Gasteiger partial charge in [0.25, 0.3) is 0 Å². The molecule has 1 aromatic carbocycles. The summed E-state index contributed by atoms with van der Waals surface area (Å²) in [5, 5.41) is 6.23. The van der Waals surface area contributed by atoms with Crippen molar-refractivity contribution in [3.8, 4) is 0 Å². The fourth-order valence-corrected chi connectivity index (χ4v) is 1.91. The predicted molar refractivity (Wildman–Crippen MR) is 59.4 cm³/mol. The molecule has 1 fully saturated rings. The molecule has 0 aliphatic carbocycles. The highest BCUT2D eigenvalue weighted by atomic mass is 79.9. The number of anilines is 1. The number of benzene rings is 1. The van der Waals surface area contributed by atoms with E-state index in [9.17, 15) is 13.2 Å². The van der Waals surface area contributed by atoms with Crippen LogP contribution in [0.1, 0.15) is 5.56 Å². The minimum Gasteiger partial charge on any atom is -0.379 e. The molecule has 2 nitrogen and oxygen atoms in total. The van der Waals surface area contributed by atoms with Gasteiger partial charge in [0.05, 0.1) is 11.6 Å². The summed E-state index contributed by atoms with van der Waals surface area (Å²) in [4.78, 5) is 0. The lowest BCUT2D eigenvalue weighted by atomic mass is 10.1. The molecule has 16 heavy (non-hydrogen) atoms. The molecule has 1 saturated heterocycles. The fourth-order valence-electron chi connectivity index (χ4n) is 1.42. The minimum atomic E-state index is -4.29. The second-order valence-electron chi connectivity index (χ2n) is 3.69. The molecule has 1 aromatic rings. The molecule has 0 saturated carbocycles. The Bertz CT molecular complexity index is 388. The summed E-state index contributed by atoms with van der Waals surface area (Å²) < 4.78 is 37.6. The lowest BCUT2D eigenvalue weighted by Gasteiger charge is -2.29. The van der Waals surface area contributed by atoms with E-state index in [2.05, 4.69) is 26.6 Å². The highest BCUT2D eigenvalue weighted by molar-refractivity contribution is 9.10. The van der Waals surface area contributed by atoms with Crippen LogP contribution >= 0.6 is 15.9 Å². The molecule has 6 heteroatoms. The maximum absolute atomic E-state index is 12.4. The molecular weight excluding hydrogens is 285 g/mol. The molecule has 1 heterocycles. The van der Waals surface area contributed by atoms with Gasteiger partial charge in [0.2, 0.25) is 0 Å². The number of hydrogen-bond donors (Lipinski definition) is 2. The Balaban J connectivity index is 2.15. The van der Waals surface area contributed by atoms with Crippen molar-refractivity contribution in [3.05, 3.63) is 28.2 Å². The van der Waals surface area contributed by atoms with E-state index in [0.717, 1.165) is 25.2 Å². The van der Waals surface area contributed by atoms with Crippen molar-refractivity contribution in [3.63, 3.8) is 0 Å². The van der Waals surface area contributed by atoms with E-state index in [1.807, 2.05) is 0 Å². The third-order valence-corrected chi connectivity index (χ3v) is 3.09. The molecule has 0 bridgehead atoms. The van der Waals surface area contributed by atoms with Crippen LogP contribution in [0.25, 0.3) is 0 Å². The number of halogens is 4. The second-order valence-corrected chi connectivity index (χ2v) is 4.55. The van der Waals surface area contributed by atoms with Gasteiger partial charge in [-0.2, -0.15) is 13.2 Å². The zero-order chi connectivity index (χ0) is 11.8. The summed E-state index contributed by atoms with van der Waals surface area (Å²) in [7, 11) is 0. The van der Waals surface area contributed by atoms with Crippen molar-refractivity contribution in [2.24, 2.45) is 0 Å². The van der Waals surface area contributed by atoms with E-state index in [4.69, 9.17) is 0 Å². The number of hydrogen-bond acceptors (Lipinski definition) is 2. The summed E-state index contributed by atoms with van der Waals surface area (Å²) in [6.07, 6.45) is -4.29. The molecule has 0 radical (unpaired) electrons. The van der Waals surface area contributed by atoms with Gasteiger partial charge in [-0.25, -0.2) is 0 Å². The van der Waals surface area contributed by atoms with Gasteiger partial charge in [0, 0.05) is 23.2 Å². The number of alkyl halides is 3. The first-order chi connectivity index (χ1) is 7.47. The van der Waals surface area contributed by atoms with E-state index >= 15 is 0 Å². The molecule has 0 atom stereocenters. The number of rotatable bonds is 2. The molecule has 88 valence electrons. The maximum Gasteiger partial charge on any atom is 0.416 e. The van der Waals surface area contributed by atoms with Crippen LogP contribution in [0.15, 0.2) is 22.7 Å². The van der Waals surface area contributed by atoms with Crippen LogP contribution in [0, 0.1) is 0 Å². The quantitative estimate of drug-likeness (QED) is 0.876. The van der Waals surface area contributed by atoms with Gasteiger partial charge >= 0.3 is 6.18 Å². The monoisotopic (exact) mass is 294 g/mol. The van der Waals surface area contributed by atoms with E-state index in [0.29, 0.717) is 16.2 Å².